The number of aryl methyl sites for hydroxylation is 3. The molecule has 1 aliphatic rings. The van der Waals surface area contributed by atoms with E-state index in [-0.39, 0.29) is 0 Å². The molecule has 1 atom stereocenters. The van der Waals surface area contributed by atoms with Gasteiger partial charge in [0, 0.05) is 73.7 Å². The molecule has 0 bridgehead atoms. The first kappa shape index (κ1) is 18.9. The van der Waals surface area contributed by atoms with Crippen molar-refractivity contribution in [3.63, 3.8) is 0 Å². The molecular weight excluding hydrogens is 350 g/mol. The van der Waals surface area contributed by atoms with Crippen molar-refractivity contribution in [3.8, 4) is 0 Å². The van der Waals surface area contributed by atoms with Gasteiger partial charge in [0.15, 0.2) is 0 Å². The molecule has 0 unspecified atom stereocenters. The van der Waals surface area contributed by atoms with E-state index in [1.807, 2.05) is 19.9 Å². The standard InChI is InChI=1S/C22H29N5O/c1-4-26-14-19(18-7-5-6-8-20(18)26)21(28)15-25-9-11-27(12-10-25)22-13-16(2)23-17(3)24-22/h5-8,13-14,21,28H,4,9-12,15H2,1-3H3/t21-/m1/s1. The van der Waals surface area contributed by atoms with Gasteiger partial charge in [-0.3, -0.25) is 4.90 Å². The smallest absolute Gasteiger partial charge is 0.132 e. The number of para-hydroxylation sites is 1. The zero-order valence-electron chi connectivity index (χ0n) is 17.0. The number of aliphatic hydroxyl groups excluding tert-OH is 1. The van der Waals surface area contributed by atoms with Gasteiger partial charge in [0.05, 0.1) is 6.10 Å². The van der Waals surface area contributed by atoms with Crippen LogP contribution in [0.4, 0.5) is 5.82 Å². The molecule has 1 fully saturated rings. The number of benzene rings is 1. The highest BCUT2D eigenvalue weighted by Crippen LogP contribution is 2.27. The molecule has 0 amide bonds. The predicted octanol–water partition coefficient (Wildman–Crippen LogP) is 2.92. The van der Waals surface area contributed by atoms with Crippen LogP contribution in [0.1, 0.15) is 30.1 Å². The van der Waals surface area contributed by atoms with Crippen LogP contribution in [0.5, 0.6) is 0 Å². The third-order valence-corrected chi connectivity index (χ3v) is 5.60. The molecule has 1 aromatic carbocycles. The molecule has 0 radical (unpaired) electrons. The number of aliphatic hydroxyl groups is 1. The lowest BCUT2D eigenvalue weighted by Crippen LogP contribution is -2.47. The fourth-order valence-corrected chi connectivity index (χ4v) is 4.16. The van der Waals surface area contributed by atoms with Crippen LogP contribution in [-0.4, -0.2) is 57.3 Å². The lowest BCUT2D eigenvalue weighted by molar-refractivity contribution is 0.110. The molecule has 0 aliphatic carbocycles. The molecule has 6 heteroatoms. The average Bonchev–Trinajstić information content (AvgIpc) is 3.07. The van der Waals surface area contributed by atoms with Gasteiger partial charge in [0.25, 0.3) is 0 Å². The maximum absolute atomic E-state index is 10.9. The van der Waals surface area contributed by atoms with E-state index in [4.69, 9.17) is 0 Å². The number of anilines is 1. The van der Waals surface area contributed by atoms with E-state index in [0.29, 0.717) is 6.54 Å². The highest BCUT2D eigenvalue weighted by molar-refractivity contribution is 5.84. The summed E-state index contributed by atoms with van der Waals surface area (Å²) < 4.78 is 2.21. The van der Waals surface area contributed by atoms with Crippen LogP contribution in [0.25, 0.3) is 10.9 Å². The van der Waals surface area contributed by atoms with Crippen molar-refractivity contribution in [2.24, 2.45) is 0 Å². The summed E-state index contributed by atoms with van der Waals surface area (Å²) in [6, 6.07) is 10.4. The van der Waals surface area contributed by atoms with Gasteiger partial charge >= 0.3 is 0 Å². The number of piperazine rings is 1. The fourth-order valence-electron chi connectivity index (χ4n) is 4.16. The van der Waals surface area contributed by atoms with Gasteiger partial charge in [-0.2, -0.15) is 0 Å². The summed E-state index contributed by atoms with van der Waals surface area (Å²) in [6.07, 6.45) is 1.63. The minimum Gasteiger partial charge on any atom is -0.387 e. The van der Waals surface area contributed by atoms with E-state index in [1.54, 1.807) is 0 Å². The van der Waals surface area contributed by atoms with Gasteiger partial charge in [-0.05, 0) is 26.8 Å². The summed E-state index contributed by atoms with van der Waals surface area (Å²) in [5.41, 5.74) is 3.23. The summed E-state index contributed by atoms with van der Waals surface area (Å²) in [7, 11) is 0. The molecule has 4 rings (SSSR count). The van der Waals surface area contributed by atoms with Gasteiger partial charge in [0.2, 0.25) is 0 Å². The second-order valence-electron chi connectivity index (χ2n) is 7.61. The van der Waals surface area contributed by atoms with E-state index < -0.39 is 6.10 Å². The van der Waals surface area contributed by atoms with Gasteiger partial charge in [-0.15, -0.1) is 0 Å². The van der Waals surface area contributed by atoms with E-state index in [1.165, 1.54) is 5.52 Å². The van der Waals surface area contributed by atoms with Crippen molar-refractivity contribution in [1.29, 1.82) is 0 Å². The first-order valence-corrected chi connectivity index (χ1v) is 10.1. The first-order valence-electron chi connectivity index (χ1n) is 10.1. The summed E-state index contributed by atoms with van der Waals surface area (Å²) in [6.45, 7) is 11.3. The largest absolute Gasteiger partial charge is 0.387 e. The minimum atomic E-state index is -0.479. The van der Waals surface area contributed by atoms with Crippen LogP contribution >= 0.6 is 0 Å². The van der Waals surface area contributed by atoms with E-state index in [9.17, 15) is 5.11 Å². The van der Waals surface area contributed by atoms with Gasteiger partial charge in [-0.1, -0.05) is 18.2 Å². The van der Waals surface area contributed by atoms with E-state index in [0.717, 1.165) is 61.0 Å². The van der Waals surface area contributed by atoms with Crippen LogP contribution in [0.15, 0.2) is 36.5 Å². The Morgan fingerprint density at radius 2 is 1.82 bits per heavy atom. The molecule has 1 aliphatic heterocycles. The summed E-state index contributed by atoms with van der Waals surface area (Å²) in [5.74, 6) is 1.83. The van der Waals surface area contributed by atoms with E-state index >= 15 is 0 Å². The number of nitrogens with zero attached hydrogens (tertiary/aromatic N) is 5. The quantitative estimate of drug-likeness (QED) is 0.739. The third kappa shape index (κ3) is 3.75. The summed E-state index contributed by atoms with van der Waals surface area (Å²) in [4.78, 5) is 13.6. The zero-order valence-corrected chi connectivity index (χ0v) is 17.0. The normalized spacial score (nSPS) is 16.6. The molecular formula is C22H29N5O. The highest BCUT2D eigenvalue weighted by atomic mass is 16.3. The van der Waals surface area contributed by atoms with Crippen LogP contribution < -0.4 is 4.90 Å². The monoisotopic (exact) mass is 379 g/mol. The van der Waals surface area contributed by atoms with Crippen molar-refractivity contribution in [2.45, 2.75) is 33.4 Å². The van der Waals surface area contributed by atoms with Gasteiger partial charge < -0.3 is 14.6 Å². The Kier molecular flexibility index (Phi) is 5.33. The van der Waals surface area contributed by atoms with Crippen molar-refractivity contribution < 1.29 is 5.11 Å². The fraction of sp³-hybridized carbons (Fsp3) is 0.455. The molecule has 2 aromatic heterocycles. The van der Waals surface area contributed by atoms with Crippen LogP contribution in [0, 0.1) is 13.8 Å². The van der Waals surface area contributed by atoms with Gasteiger partial charge in [0.1, 0.15) is 11.6 Å². The van der Waals surface area contributed by atoms with Gasteiger partial charge in [-0.25, -0.2) is 9.97 Å². The lowest BCUT2D eigenvalue weighted by atomic mass is 10.1. The maximum atomic E-state index is 10.9. The number of hydrogen-bond acceptors (Lipinski definition) is 5. The molecule has 3 aromatic rings. The Bertz CT molecular complexity index is 938. The molecule has 28 heavy (non-hydrogen) atoms. The van der Waals surface area contributed by atoms with Crippen molar-refractivity contribution >= 4 is 16.7 Å². The topological polar surface area (TPSA) is 57.4 Å². The second-order valence-corrected chi connectivity index (χ2v) is 7.61. The number of fused-ring (bicyclic) bond motifs is 1. The number of rotatable bonds is 5. The molecule has 0 spiro atoms. The molecule has 0 saturated carbocycles. The molecule has 148 valence electrons. The van der Waals surface area contributed by atoms with Crippen molar-refractivity contribution in [1.82, 2.24) is 19.4 Å². The van der Waals surface area contributed by atoms with Crippen LogP contribution in [0.2, 0.25) is 0 Å². The molecule has 6 nitrogen and oxygen atoms in total. The Morgan fingerprint density at radius 1 is 1.07 bits per heavy atom. The number of hydrogen-bond donors (Lipinski definition) is 1. The Morgan fingerprint density at radius 3 is 2.54 bits per heavy atom. The zero-order chi connectivity index (χ0) is 19.7. The lowest BCUT2D eigenvalue weighted by Gasteiger charge is -2.36. The molecule has 1 saturated heterocycles. The molecule has 1 N–H and O–H groups in total. The van der Waals surface area contributed by atoms with E-state index in [2.05, 4.69) is 61.7 Å². The van der Waals surface area contributed by atoms with Crippen molar-refractivity contribution in [2.75, 3.05) is 37.6 Å². The SMILES string of the molecule is CCn1cc([C@H](O)CN2CCN(c3cc(C)nc(C)n3)CC2)c2ccccc21. The average molecular weight is 380 g/mol. The summed E-state index contributed by atoms with van der Waals surface area (Å²) >= 11 is 0. The summed E-state index contributed by atoms with van der Waals surface area (Å²) in [5, 5.41) is 12.1. The van der Waals surface area contributed by atoms with Crippen LogP contribution in [-0.2, 0) is 6.54 Å². The van der Waals surface area contributed by atoms with Crippen molar-refractivity contribution in [3.05, 3.63) is 53.6 Å². The first-order chi connectivity index (χ1) is 13.5. The van der Waals surface area contributed by atoms with Crippen LogP contribution in [0.3, 0.4) is 0 Å². The maximum Gasteiger partial charge on any atom is 0.132 e. The second kappa shape index (κ2) is 7.89. The predicted molar refractivity (Wildman–Crippen MR) is 113 cm³/mol. The number of aromatic nitrogens is 3. The molecule has 3 heterocycles. The Balaban J connectivity index is 1.42. The highest BCUT2D eigenvalue weighted by Gasteiger charge is 2.23. The Labute approximate surface area is 166 Å². The third-order valence-electron chi connectivity index (χ3n) is 5.60. The Hall–Kier alpha value is -2.44. The minimum absolute atomic E-state index is 0.479. The number of β-amino-alcohol motifs (C(OH)–C–C–N with tert-alkyl or cyclic N) is 1.